The molecule has 0 bridgehead atoms. The quantitative estimate of drug-likeness (QED) is 0.598. The van der Waals surface area contributed by atoms with Gasteiger partial charge in [0.1, 0.15) is 5.75 Å². The summed E-state index contributed by atoms with van der Waals surface area (Å²) in [7, 11) is 3.37. The van der Waals surface area contributed by atoms with Crippen LogP contribution in [0.25, 0.3) is 0 Å². The fraction of sp³-hybridized carbons (Fsp3) is 0.538. The van der Waals surface area contributed by atoms with Crippen LogP contribution in [0.15, 0.2) is 22.7 Å². The predicted octanol–water partition coefficient (Wildman–Crippen LogP) is 2.26. The van der Waals surface area contributed by atoms with E-state index in [4.69, 9.17) is 15.3 Å². The highest BCUT2D eigenvalue weighted by Crippen LogP contribution is 2.24. The average molecular weight is 317 g/mol. The van der Waals surface area contributed by atoms with Crippen molar-refractivity contribution in [1.82, 2.24) is 5.43 Å². The SMILES string of the molecule is CCC(OC)C(Cc1cc(OC)ccc1Br)NN. The Labute approximate surface area is 117 Å². The van der Waals surface area contributed by atoms with Crippen LogP contribution in [0.5, 0.6) is 5.75 Å². The van der Waals surface area contributed by atoms with Crippen LogP contribution in [0.1, 0.15) is 18.9 Å². The highest BCUT2D eigenvalue weighted by molar-refractivity contribution is 9.10. The van der Waals surface area contributed by atoms with Crippen LogP contribution in [0.4, 0.5) is 0 Å². The number of hydrazine groups is 1. The minimum atomic E-state index is 0.0726. The van der Waals surface area contributed by atoms with Gasteiger partial charge in [-0.3, -0.25) is 11.3 Å². The van der Waals surface area contributed by atoms with Crippen molar-refractivity contribution in [3.8, 4) is 5.75 Å². The first-order valence-corrected chi connectivity index (χ1v) is 6.76. The first-order valence-electron chi connectivity index (χ1n) is 5.97. The smallest absolute Gasteiger partial charge is 0.119 e. The molecule has 2 unspecified atom stereocenters. The van der Waals surface area contributed by atoms with E-state index >= 15 is 0 Å². The van der Waals surface area contributed by atoms with Gasteiger partial charge in [0.2, 0.25) is 0 Å². The van der Waals surface area contributed by atoms with Crippen LogP contribution in [0.2, 0.25) is 0 Å². The maximum absolute atomic E-state index is 5.62. The van der Waals surface area contributed by atoms with Crippen LogP contribution >= 0.6 is 15.9 Å². The molecule has 0 fully saturated rings. The standard InChI is InChI=1S/C13H21BrN2O2/c1-4-13(18-3)12(16-15)8-9-7-10(17-2)5-6-11(9)14/h5-7,12-13,16H,4,8,15H2,1-3H3. The van der Waals surface area contributed by atoms with Crippen LogP contribution < -0.4 is 16.0 Å². The molecule has 2 atom stereocenters. The number of ether oxygens (including phenoxy) is 2. The van der Waals surface area contributed by atoms with Gasteiger partial charge in [-0.05, 0) is 36.6 Å². The Kier molecular flexibility index (Phi) is 6.63. The monoisotopic (exact) mass is 316 g/mol. The molecule has 0 saturated carbocycles. The Morgan fingerprint density at radius 1 is 1.39 bits per heavy atom. The molecule has 0 heterocycles. The van der Waals surface area contributed by atoms with Crippen molar-refractivity contribution in [1.29, 1.82) is 0 Å². The molecule has 3 N–H and O–H groups in total. The highest BCUT2D eigenvalue weighted by Gasteiger charge is 2.19. The zero-order chi connectivity index (χ0) is 13.5. The lowest BCUT2D eigenvalue weighted by Crippen LogP contribution is -2.46. The molecular formula is C13H21BrN2O2. The minimum absolute atomic E-state index is 0.0726. The molecule has 0 aliphatic heterocycles. The van der Waals surface area contributed by atoms with Crippen molar-refractivity contribution in [3.63, 3.8) is 0 Å². The molecule has 0 radical (unpaired) electrons. The summed E-state index contributed by atoms with van der Waals surface area (Å²) in [6.45, 7) is 2.08. The maximum Gasteiger partial charge on any atom is 0.119 e. The molecule has 0 amide bonds. The zero-order valence-corrected chi connectivity index (χ0v) is 12.7. The summed E-state index contributed by atoms with van der Waals surface area (Å²) in [5.41, 5.74) is 3.98. The Bertz CT molecular complexity index is 370. The number of rotatable bonds is 7. The molecule has 102 valence electrons. The molecule has 0 aliphatic rings. The summed E-state index contributed by atoms with van der Waals surface area (Å²) < 4.78 is 11.7. The molecule has 1 aromatic rings. The zero-order valence-electron chi connectivity index (χ0n) is 11.1. The van der Waals surface area contributed by atoms with Crippen molar-refractivity contribution in [2.75, 3.05) is 14.2 Å². The van der Waals surface area contributed by atoms with Gasteiger partial charge >= 0.3 is 0 Å². The Hall–Kier alpha value is -0.620. The van der Waals surface area contributed by atoms with Crippen LogP contribution in [-0.4, -0.2) is 26.4 Å². The Morgan fingerprint density at radius 2 is 2.11 bits per heavy atom. The maximum atomic E-state index is 5.62. The number of halogens is 1. The van der Waals surface area contributed by atoms with E-state index in [1.807, 2.05) is 18.2 Å². The fourth-order valence-corrected chi connectivity index (χ4v) is 2.39. The molecule has 5 heteroatoms. The summed E-state index contributed by atoms with van der Waals surface area (Å²) in [6, 6.07) is 5.99. The third-order valence-electron chi connectivity index (χ3n) is 3.06. The second kappa shape index (κ2) is 7.74. The summed E-state index contributed by atoms with van der Waals surface area (Å²) in [6.07, 6.45) is 1.78. The van der Waals surface area contributed by atoms with Crippen LogP contribution in [-0.2, 0) is 11.2 Å². The van der Waals surface area contributed by atoms with E-state index in [9.17, 15) is 0 Å². The summed E-state index contributed by atoms with van der Waals surface area (Å²) in [4.78, 5) is 0. The van der Waals surface area contributed by atoms with Gasteiger partial charge in [0.25, 0.3) is 0 Å². The average Bonchev–Trinajstić information content (AvgIpc) is 2.40. The second-order valence-corrected chi connectivity index (χ2v) is 4.97. The predicted molar refractivity (Wildman–Crippen MR) is 76.6 cm³/mol. The number of nitrogens with one attached hydrogen (secondary N) is 1. The van der Waals surface area contributed by atoms with Gasteiger partial charge in [-0.1, -0.05) is 22.9 Å². The van der Waals surface area contributed by atoms with E-state index in [0.717, 1.165) is 28.6 Å². The third-order valence-corrected chi connectivity index (χ3v) is 3.83. The number of hydrogen-bond acceptors (Lipinski definition) is 4. The van der Waals surface area contributed by atoms with Crippen molar-refractivity contribution >= 4 is 15.9 Å². The molecule has 1 rings (SSSR count). The van der Waals surface area contributed by atoms with Gasteiger partial charge in [0.15, 0.2) is 0 Å². The molecule has 0 saturated heterocycles. The van der Waals surface area contributed by atoms with Crippen molar-refractivity contribution < 1.29 is 9.47 Å². The van der Waals surface area contributed by atoms with Gasteiger partial charge in [-0.25, -0.2) is 0 Å². The van der Waals surface area contributed by atoms with Gasteiger partial charge in [-0.15, -0.1) is 0 Å². The van der Waals surface area contributed by atoms with Gasteiger partial charge < -0.3 is 9.47 Å². The number of hydrogen-bond donors (Lipinski definition) is 2. The molecule has 1 aromatic carbocycles. The van der Waals surface area contributed by atoms with Crippen molar-refractivity contribution in [2.24, 2.45) is 5.84 Å². The topological polar surface area (TPSA) is 56.5 Å². The molecule has 18 heavy (non-hydrogen) atoms. The first-order chi connectivity index (χ1) is 8.65. The lowest BCUT2D eigenvalue weighted by Gasteiger charge is -2.25. The molecule has 0 aliphatic carbocycles. The van der Waals surface area contributed by atoms with Gasteiger partial charge in [0, 0.05) is 11.6 Å². The van der Waals surface area contributed by atoms with Crippen molar-refractivity contribution in [2.45, 2.75) is 31.9 Å². The normalized spacial score (nSPS) is 14.3. The number of nitrogens with two attached hydrogens (primary N) is 1. The lowest BCUT2D eigenvalue weighted by atomic mass is 10.00. The minimum Gasteiger partial charge on any atom is -0.497 e. The van der Waals surface area contributed by atoms with Gasteiger partial charge in [-0.2, -0.15) is 0 Å². The van der Waals surface area contributed by atoms with E-state index in [1.54, 1.807) is 14.2 Å². The van der Waals surface area contributed by atoms with Crippen LogP contribution in [0, 0.1) is 0 Å². The Morgan fingerprint density at radius 3 is 2.61 bits per heavy atom. The summed E-state index contributed by atoms with van der Waals surface area (Å²) >= 11 is 3.55. The molecule has 0 spiro atoms. The summed E-state index contributed by atoms with van der Waals surface area (Å²) in [5.74, 6) is 6.46. The van der Waals surface area contributed by atoms with Crippen molar-refractivity contribution in [3.05, 3.63) is 28.2 Å². The molecule has 0 aromatic heterocycles. The molecular weight excluding hydrogens is 296 g/mol. The first kappa shape index (κ1) is 15.4. The van der Waals surface area contributed by atoms with E-state index in [2.05, 4.69) is 28.3 Å². The van der Waals surface area contributed by atoms with E-state index in [1.165, 1.54) is 0 Å². The summed E-state index contributed by atoms with van der Waals surface area (Å²) in [5, 5.41) is 0. The largest absolute Gasteiger partial charge is 0.497 e. The van der Waals surface area contributed by atoms with E-state index < -0.39 is 0 Å². The number of benzene rings is 1. The lowest BCUT2D eigenvalue weighted by molar-refractivity contribution is 0.0653. The third kappa shape index (κ3) is 3.95. The number of methoxy groups -OCH3 is 2. The van der Waals surface area contributed by atoms with E-state index in [-0.39, 0.29) is 12.1 Å². The highest BCUT2D eigenvalue weighted by atomic mass is 79.9. The Balaban J connectivity index is 2.86. The molecule has 4 nitrogen and oxygen atoms in total. The van der Waals surface area contributed by atoms with Crippen LogP contribution in [0.3, 0.4) is 0 Å². The van der Waals surface area contributed by atoms with E-state index in [0.29, 0.717) is 0 Å². The fourth-order valence-electron chi connectivity index (χ4n) is 1.98. The van der Waals surface area contributed by atoms with Gasteiger partial charge in [0.05, 0.1) is 19.3 Å². The second-order valence-electron chi connectivity index (χ2n) is 4.12.